The van der Waals surface area contributed by atoms with E-state index in [4.69, 9.17) is 0 Å². The van der Waals surface area contributed by atoms with Gasteiger partial charge in [0.2, 0.25) is 5.91 Å². The van der Waals surface area contributed by atoms with E-state index < -0.39 is 0 Å². The maximum Gasteiger partial charge on any atom is 0.226 e. The van der Waals surface area contributed by atoms with Gasteiger partial charge in [-0.2, -0.15) is 0 Å². The number of aryl methyl sites for hydroxylation is 1. The largest absolute Gasteiger partial charge is 0.316 e. The van der Waals surface area contributed by atoms with Crippen molar-refractivity contribution in [2.75, 3.05) is 11.9 Å². The molecule has 0 bridgehead atoms. The van der Waals surface area contributed by atoms with Crippen LogP contribution >= 0.6 is 11.3 Å². The number of amides is 1. The molecule has 4 nitrogen and oxygen atoms in total. The summed E-state index contributed by atoms with van der Waals surface area (Å²) < 4.78 is 0. The van der Waals surface area contributed by atoms with Crippen molar-refractivity contribution in [2.24, 2.45) is 5.92 Å². The van der Waals surface area contributed by atoms with Gasteiger partial charge in [-0.15, -0.1) is 11.3 Å². The third-order valence-electron chi connectivity index (χ3n) is 3.25. The molecule has 0 aliphatic carbocycles. The highest BCUT2D eigenvalue weighted by Gasteiger charge is 2.19. The van der Waals surface area contributed by atoms with Crippen LogP contribution in [-0.2, 0) is 11.2 Å². The van der Waals surface area contributed by atoms with Crippen LogP contribution in [0.1, 0.15) is 43.8 Å². The highest BCUT2D eigenvalue weighted by Crippen LogP contribution is 2.26. The first-order valence-corrected chi connectivity index (χ1v) is 7.85. The van der Waals surface area contributed by atoms with E-state index in [1.54, 1.807) is 11.3 Å². The van der Waals surface area contributed by atoms with Crippen LogP contribution in [0.5, 0.6) is 0 Å². The van der Waals surface area contributed by atoms with Gasteiger partial charge in [0, 0.05) is 12.5 Å². The molecule has 1 aliphatic heterocycles. The van der Waals surface area contributed by atoms with E-state index in [-0.39, 0.29) is 5.91 Å². The highest BCUT2D eigenvalue weighted by molar-refractivity contribution is 7.16. The Labute approximate surface area is 119 Å². The maximum atomic E-state index is 12.0. The van der Waals surface area contributed by atoms with E-state index >= 15 is 0 Å². The monoisotopic (exact) mass is 281 g/mol. The van der Waals surface area contributed by atoms with Gasteiger partial charge >= 0.3 is 0 Å². The molecule has 0 aromatic carbocycles. The standard InChI is InChI=1S/C14H23N3OS/c1-9(2)7-12-14(19-10(3)16-12)17-13(18)8-11-5-4-6-15-11/h9,11,15H,4-8H2,1-3H3,(H,17,18). The Morgan fingerprint density at radius 1 is 1.58 bits per heavy atom. The van der Waals surface area contributed by atoms with Gasteiger partial charge in [-0.3, -0.25) is 4.79 Å². The smallest absolute Gasteiger partial charge is 0.226 e. The summed E-state index contributed by atoms with van der Waals surface area (Å²) in [4.78, 5) is 16.6. The molecule has 2 N–H and O–H groups in total. The van der Waals surface area contributed by atoms with E-state index in [2.05, 4.69) is 29.5 Å². The van der Waals surface area contributed by atoms with Crippen molar-refractivity contribution in [1.82, 2.24) is 10.3 Å². The second-order valence-electron chi connectivity index (χ2n) is 5.65. The zero-order valence-electron chi connectivity index (χ0n) is 12.0. The predicted octanol–water partition coefficient (Wildman–Crippen LogP) is 2.73. The second-order valence-corrected chi connectivity index (χ2v) is 6.86. The molecule has 0 spiro atoms. The first kappa shape index (κ1) is 14.5. The van der Waals surface area contributed by atoms with Gasteiger partial charge < -0.3 is 10.6 Å². The summed E-state index contributed by atoms with van der Waals surface area (Å²) in [6.45, 7) is 7.37. The number of hydrogen-bond donors (Lipinski definition) is 2. The van der Waals surface area contributed by atoms with E-state index in [9.17, 15) is 4.79 Å². The number of carbonyl (C=O) groups is 1. The molecule has 0 radical (unpaired) electrons. The Balaban J connectivity index is 1.95. The van der Waals surface area contributed by atoms with Crippen LogP contribution < -0.4 is 10.6 Å². The molecule has 0 saturated carbocycles. The first-order valence-electron chi connectivity index (χ1n) is 7.04. The second kappa shape index (κ2) is 6.48. The summed E-state index contributed by atoms with van der Waals surface area (Å²) in [6.07, 6.45) is 3.77. The fraction of sp³-hybridized carbons (Fsp3) is 0.714. The minimum atomic E-state index is 0.105. The van der Waals surface area contributed by atoms with Crippen LogP contribution in [-0.4, -0.2) is 23.5 Å². The minimum Gasteiger partial charge on any atom is -0.316 e. The van der Waals surface area contributed by atoms with Crippen LogP contribution in [0, 0.1) is 12.8 Å². The van der Waals surface area contributed by atoms with Crippen LogP contribution in [0.25, 0.3) is 0 Å². The van der Waals surface area contributed by atoms with E-state index in [1.807, 2.05) is 6.92 Å². The Bertz CT molecular complexity index is 436. The zero-order valence-corrected chi connectivity index (χ0v) is 12.8. The third kappa shape index (κ3) is 4.28. The summed E-state index contributed by atoms with van der Waals surface area (Å²) in [5.74, 6) is 0.654. The van der Waals surface area contributed by atoms with Gasteiger partial charge in [-0.1, -0.05) is 13.8 Å². The van der Waals surface area contributed by atoms with Gasteiger partial charge in [0.1, 0.15) is 5.00 Å². The SMILES string of the molecule is Cc1nc(CC(C)C)c(NC(=O)CC2CCCN2)s1. The fourth-order valence-corrected chi connectivity index (χ4v) is 3.29. The number of anilines is 1. The minimum absolute atomic E-state index is 0.105. The Morgan fingerprint density at radius 3 is 3.00 bits per heavy atom. The molecule has 1 fully saturated rings. The average molecular weight is 281 g/mol. The molecule has 2 rings (SSSR count). The van der Waals surface area contributed by atoms with Crippen molar-refractivity contribution in [3.05, 3.63) is 10.7 Å². The molecule has 1 aromatic rings. The van der Waals surface area contributed by atoms with E-state index in [1.165, 1.54) is 6.42 Å². The lowest BCUT2D eigenvalue weighted by Crippen LogP contribution is -2.27. The lowest BCUT2D eigenvalue weighted by molar-refractivity contribution is -0.116. The zero-order chi connectivity index (χ0) is 13.8. The van der Waals surface area contributed by atoms with Crippen molar-refractivity contribution in [3.8, 4) is 0 Å². The van der Waals surface area contributed by atoms with Crippen molar-refractivity contribution in [2.45, 2.75) is 52.5 Å². The van der Waals surface area contributed by atoms with Crippen LogP contribution in [0.4, 0.5) is 5.00 Å². The average Bonchev–Trinajstić information content (AvgIpc) is 2.89. The molecular formula is C14H23N3OS. The Morgan fingerprint density at radius 2 is 2.37 bits per heavy atom. The molecule has 19 heavy (non-hydrogen) atoms. The van der Waals surface area contributed by atoms with Gasteiger partial charge in [0.25, 0.3) is 0 Å². The van der Waals surface area contributed by atoms with E-state index in [0.29, 0.717) is 18.4 Å². The summed E-state index contributed by atoms with van der Waals surface area (Å²) in [6, 6.07) is 0.350. The van der Waals surface area contributed by atoms with Crippen molar-refractivity contribution < 1.29 is 4.79 Å². The molecule has 1 amide bonds. The molecule has 1 unspecified atom stereocenters. The summed E-state index contributed by atoms with van der Waals surface area (Å²) >= 11 is 1.58. The van der Waals surface area contributed by atoms with Gasteiger partial charge in [0.15, 0.2) is 0 Å². The summed E-state index contributed by atoms with van der Waals surface area (Å²) in [7, 11) is 0. The van der Waals surface area contributed by atoms with Crippen LogP contribution in [0.2, 0.25) is 0 Å². The van der Waals surface area contributed by atoms with Gasteiger partial charge in [-0.25, -0.2) is 4.98 Å². The lowest BCUT2D eigenvalue weighted by atomic mass is 10.1. The fourth-order valence-electron chi connectivity index (χ4n) is 2.43. The molecule has 1 aromatic heterocycles. The number of rotatable bonds is 5. The summed E-state index contributed by atoms with van der Waals surface area (Å²) in [5.41, 5.74) is 1.03. The number of nitrogens with one attached hydrogen (secondary N) is 2. The van der Waals surface area contributed by atoms with Gasteiger partial charge in [-0.05, 0) is 38.6 Å². The highest BCUT2D eigenvalue weighted by atomic mass is 32.1. The molecule has 1 saturated heterocycles. The topological polar surface area (TPSA) is 54.0 Å². The molecule has 106 valence electrons. The predicted molar refractivity (Wildman–Crippen MR) is 79.7 cm³/mol. The van der Waals surface area contributed by atoms with Crippen molar-refractivity contribution in [3.63, 3.8) is 0 Å². The molecule has 2 heterocycles. The molecule has 1 atom stereocenters. The molecule has 1 aliphatic rings. The number of carbonyl (C=O) groups excluding carboxylic acids is 1. The van der Waals surface area contributed by atoms with Crippen molar-refractivity contribution >= 4 is 22.2 Å². The lowest BCUT2D eigenvalue weighted by Gasteiger charge is -2.10. The maximum absolute atomic E-state index is 12.0. The molecular weight excluding hydrogens is 258 g/mol. The first-order chi connectivity index (χ1) is 9.04. The summed E-state index contributed by atoms with van der Waals surface area (Å²) in [5, 5.41) is 8.35. The number of thiazole rings is 1. The Kier molecular flexibility index (Phi) is 4.93. The number of nitrogens with zero attached hydrogens (tertiary/aromatic N) is 1. The third-order valence-corrected chi connectivity index (χ3v) is 4.18. The normalized spacial score (nSPS) is 19.1. The Hall–Kier alpha value is -0.940. The quantitative estimate of drug-likeness (QED) is 0.872. The van der Waals surface area contributed by atoms with Crippen LogP contribution in [0.3, 0.4) is 0 Å². The number of aromatic nitrogens is 1. The van der Waals surface area contributed by atoms with Gasteiger partial charge in [0.05, 0.1) is 10.7 Å². The van der Waals surface area contributed by atoms with E-state index in [0.717, 1.165) is 35.1 Å². The number of hydrogen-bond acceptors (Lipinski definition) is 4. The molecule has 5 heteroatoms. The van der Waals surface area contributed by atoms with Crippen LogP contribution in [0.15, 0.2) is 0 Å². The van der Waals surface area contributed by atoms with Crippen molar-refractivity contribution in [1.29, 1.82) is 0 Å².